The lowest BCUT2D eigenvalue weighted by Crippen LogP contribution is -1.85. The van der Waals surface area contributed by atoms with Gasteiger partial charge in [0.05, 0.1) is 5.51 Å². The molecular formula is C4H3NOS2. The number of thiol groups is 1. The lowest BCUT2D eigenvalue weighted by atomic mass is 10.6. The average Bonchev–Trinajstić information content (AvgIpc) is 2.12. The van der Waals surface area contributed by atoms with Gasteiger partial charge >= 0.3 is 0 Å². The van der Waals surface area contributed by atoms with Gasteiger partial charge in [0.2, 0.25) is 5.12 Å². The van der Waals surface area contributed by atoms with Gasteiger partial charge in [0.1, 0.15) is 5.69 Å². The van der Waals surface area contributed by atoms with Crippen molar-refractivity contribution >= 4 is 29.1 Å². The van der Waals surface area contributed by atoms with Crippen LogP contribution in [-0.2, 0) is 0 Å². The minimum atomic E-state index is -0.272. The minimum Gasteiger partial charge on any atom is -0.280 e. The molecule has 42 valence electrons. The van der Waals surface area contributed by atoms with Crippen molar-refractivity contribution in [2.45, 2.75) is 0 Å². The fourth-order valence-corrected chi connectivity index (χ4v) is 1.06. The summed E-state index contributed by atoms with van der Waals surface area (Å²) in [6, 6.07) is 0. The Kier molecular flexibility index (Phi) is 1.65. The molecule has 0 bridgehead atoms. The fourth-order valence-electron chi connectivity index (χ4n) is 0.318. The summed E-state index contributed by atoms with van der Waals surface area (Å²) in [5, 5.41) is 1.39. The van der Waals surface area contributed by atoms with Gasteiger partial charge < -0.3 is 0 Å². The highest BCUT2D eigenvalue weighted by molar-refractivity contribution is 7.97. The Bertz CT molecular complexity index is 182. The van der Waals surface area contributed by atoms with Gasteiger partial charge in [0.25, 0.3) is 0 Å². The third-order valence-corrected chi connectivity index (χ3v) is 1.47. The molecule has 0 unspecified atom stereocenters. The van der Waals surface area contributed by atoms with E-state index in [4.69, 9.17) is 0 Å². The van der Waals surface area contributed by atoms with Crippen LogP contribution in [0.1, 0.15) is 10.5 Å². The summed E-state index contributed by atoms with van der Waals surface area (Å²) in [6.45, 7) is 0. The zero-order valence-electron chi connectivity index (χ0n) is 3.87. The molecule has 0 atom stereocenters. The number of hydrogen-bond donors (Lipinski definition) is 1. The van der Waals surface area contributed by atoms with E-state index in [0.717, 1.165) is 0 Å². The number of thiazole rings is 1. The predicted octanol–water partition coefficient (Wildman–Crippen LogP) is 1.21. The summed E-state index contributed by atoms with van der Waals surface area (Å²) in [6.07, 6.45) is 0. The highest BCUT2D eigenvalue weighted by Gasteiger charge is 1.98. The number of carbonyl (C=O) groups excluding carboxylic acids is 1. The van der Waals surface area contributed by atoms with Crippen molar-refractivity contribution in [2.75, 3.05) is 0 Å². The second kappa shape index (κ2) is 2.28. The molecule has 0 saturated heterocycles. The normalized spacial score (nSPS) is 9.12. The van der Waals surface area contributed by atoms with Crippen molar-refractivity contribution in [3.8, 4) is 0 Å². The van der Waals surface area contributed by atoms with Gasteiger partial charge in [-0.3, -0.25) is 4.79 Å². The van der Waals surface area contributed by atoms with Crippen LogP contribution in [0.15, 0.2) is 10.9 Å². The molecule has 0 N–H and O–H groups in total. The van der Waals surface area contributed by atoms with Crippen molar-refractivity contribution in [3.63, 3.8) is 0 Å². The quantitative estimate of drug-likeness (QED) is 0.602. The maximum absolute atomic E-state index is 10.3. The van der Waals surface area contributed by atoms with E-state index >= 15 is 0 Å². The Hall–Kier alpha value is -0.350. The monoisotopic (exact) mass is 145 g/mol. The van der Waals surface area contributed by atoms with Gasteiger partial charge in [-0.05, 0) is 0 Å². The zero-order chi connectivity index (χ0) is 5.98. The van der Waals surface area contributed by atoms with Crippen LogP contribution in [0.3, 0.4) is 0 Å². The second-order valence-corrected chi connectivity index (χ2v) is 2.30. The van der Waals surface area contributed by atoms with E-state index in [1.54, 1.807) is 10.9 Å². The maximum Gasteiger partial charge on any atom is 0.235 e. The Labute approximate surface area is 56.0 Å². The Morgan fingerprint density at radius 1 is 1.88 bits per heavy atom. The first-order chi connectivity index (χ1) is 3.80. The van der Waals surface area contributed by atoms with Crippen LogP contribution in [-0.4, -0.2) is 10.1 Å². The van der Waals surface area contributed by atoms with Crippen molar-refractivity contribution in [1.29, 1.82) is 0 Å². The van der Waals surface area contributed by atoms with Gasteiger partial charge in [-0.25, -0.2) is 4.98 Å². The topological polar surface area (TPSA) is 30.0 Å². The SMILES string of the molecule is O=C(S)c1cscn1. The molecule has 1 aromatic heterocycles. The summed E-state index contributed by atoms with van der Waals surface area (Å²) >= 11 is 4.95. The molecule has 0 aliphatic heterocycles. The van der Waals surface area contributed by atoms with Crippen molar-refractivity contribution in [2.24, 2.45) is 0 Å². The molecular weight excluding hydrogens is 142 g/mol. The number of carbonyl (C=O) groups is 1. The predicted molar refractivity (Wildman–Crippen MR) is 35.4 cm³/mol. The number of aromatic nitrogens is 1. The smallest absolute Gasteiger partial charge is 0.235 e. The molecule has 8 heavy (non-hydrogen) atoms. The van der Waals surface area contributed by atoms with Crippen molar-refractivity contribution in [3.05, 3.63) is 16.6 Å². The van der Waals surface area contributed by atoms with Gasteiger partial charge in [0, 0.05) is 5.38 Å². The van der Waals surface area contributed by atoms with Crippen molar-refractivity contribution in [1.82, 2.24) is 4.98 Å². The van der Waals surface area contributed by atoms with Gasteiger partial charge in [-0.2, -0.15) is 0 Å². The number of rotatable bonds is 1. The van der Waals surface area contributed by atoms with E-state index in [1.807, 2.05) is 0 Å². The first-order valence-corrected chi connectivity index (χ1v) is 3.31. The summed E-state index contributed by atoms with van der Waals surface area (Å²) in [5.74, 6) is 0. The molecule has 0 saturated carbocycles. The molecule has 0 spiro atoms. The molecule has 0 aliphatic rings. The molecule has 0 amide bonds. The van der Waals surface area contributed by atoms with E-state index in [9.17, 15) is 4.79 Å². The van der Waals surface area contributed by atoms with Crippen LogP contribution in [0, 0.1) is 0 Å². The summed E-state index contributed by atoms with van der Waals surface area (Å²) in [5.41, 5.74) is 2.03. The third-order valence-electron chi connectivity index (χ3n) is 0.651. The van der Waals surface area contributed by atoms with E-state index in [2.05, 4.69) is 17.6 Å². The van der Waals surface area contributed by atoms with Crippen LogP contribution >= 0.6 is 24.0 Å². The Balaban J connectivity index is 2.93. The van der Waals surface area contributed by atoms with Gasteiger partial charge in [-0.1, -0.05) is 12.6 Å². The number of hydrogen-bond acceptors (Lipinski definition) is 3. The zero-order valence-corrected chi connectivity index (χ0v) is 5.58. The largest absolute Gasteiger partial charge is 0.280 e. The highest BCUT2D eigenvalue weighted by atomic mass is 32.1. The van der Waals surface area contributed by atoms with E-state index < -0.39 is 0 Å². The van der Waals surface area contributed by atoms with E-state index in [-0.39, 0.29) is 5.12 Å². The van der Waals surface area contributed by atoms with Gasteiger partial charge in [-0.15, -0.1) is 11.3 Å². The molecule has 0 aliphatic carbocycles. The van der Waals surface area contributed by atoms with Crippen molar-refractivity contribution < 1.29 is 4.79 Å². The first-order valence-electron chi connectivity index (χ1n) is 1.92. The fraction of sp³-hybridized carbons (Fsp3) is 0. The lowest BCUT2D eigenvalue weighted by molar-refractivity contribution is 0.108. The molecule has 1 heterocycles. The Morgan fingerprint density at radius 2 is 2.62 bits per heavy atom. The molecule has 0 aromatic carbocycles. The maximum atomic E-state index is 10.3. The Morgan fingerprint density at radius 3 is 2.88 bits per heavy atom. The first kappa shape index (κ1) is 5.78. The summed E-state index contributed by atoms with van der Waals surface area (Å²) in [7, 11) is 0. The molecule has 4 heteroatoms. The number of nitrogens with zero attached hydrogens (tertiary/aromatic N) is 1. The van der Waals surface area contributed by atoms with Crippen LogP contribution in [0.4, 0.5) is 0 Å². The van der Waals surface area contributed by atoms with Crippen LogP contribution in [0.5, 0.6) is 0 Å². The van der Waals surface area contributed by atoms with E-state index in [1.165, 1.54) is 11.3 Å². The van der Waals surface area contributed by atoms with Gasteiger partial charge in [0.15, 0.2) is 0 Å². The molecule has 0 fully saturated rings. The standard InChI is InChI=1S/C4H3NOS2/c6-4(7)3-1-8-2-5-3/h1-2H,(H,6,7). The summed E-state index contributed by atoms with van der Waals surface area (Å²) < 4.78 is 0. The molecule has 0 radical (unpaired) electrons. The minimum absolute atomic E-state index is 0.272. The van der Waals surface area contributed by atoms with E-state index in [0.29, 0.717) is 5.69 Å². The van der Waals surface area contributed by atoms with Crippen LogP contribution in [0.25, 0.3) is 0 Å². The second-order valence-electron chi connectivity index (χ2n) is 1.18. The third kappa shape index (κ3) is 1.08. The molecule has 1 rings (SSSR count). The molecule has 1 aromatic rings. The summed E-state index contributed by atoms with van der Waals surface area (Å²) in [4.78, 5) is 14.0. The average molecular weight is 145 g/mol. The van der Waals surface area contributed by atoms with Crippen LogP contribution in [0.2, 0.25) is 0 Å². The highest BCUT2D eigenvalue weighted by Crippen LogP contribution is 2.02. The lowest BCUT2D eigenvalue weighted by Gasteiger charge is -1.77. The van der Waals surface area contributed by atoms with Crippen LogP contribution < -0.4 is 0 Å². The molecule has 2 nitrogen and oxygen atoms in total.